The Morgan fingerprint density at radius 3 is 2.09 bits per heavy atom. The first-order valence-electron chi connectivity index (χ1n) is 7.06. The maximum absolute atomic E-state index is 12.2. The van der Waals surface area contributed by atoms with Crippen LogP contribution in [0.4, 0.5) is 0 Å². The molecule has 0 saturated carbocycles. The van der Waals surface area contributed by atoms with Crippen molar-refractivity contribution in [3.05, 3.63) is 64.7 Å². The molecular weight excluding hydrogens is 276 g/mol. The third kappa shape index (κ3) is 3.76. The van der Waals surface area contributed by atoms with Crippen molar-refractivity contribution < 1.29 is 14.3 Å². The smallest absolute Gasteiger partial charge is 0.185 e. The number of aryl methyl sites for hydroxylation is 2. The molecule has 2 aromatic carbocycles. The number of allylic oxidation sites excluding steroid dienone is 1. The molecule has 0 atom stereocenters. The van der Waals surface area contributed by atoms with Crippen molar-refractivity contribution in [2.75, 3.05) is 14.2 Å². The van der Waals surface area contributed by atoms with Crippen molar-refractivity contribution in [2.45, 2.75) is 13.8 Å². The lowest BCUT2D eigenvalue weighted by Crippen LogP contribution is -1.96. The van der Waals surface area contributed by atoms with Crippen LogP contribution in [-0.2, 0) is 0 Å². The third-order valence-electron chi connectivity index (χ3n) is 3.59. The molecule has 0 heterocycles. The first-order chi connectivity index (χ1) is 10.5. The van der Waals surface area contributed by atoms with Gasteiger partial charge in [0, 0.05) is 11.6 Å². The second-order valence-corrected chi connectivity index (χ2v) is 5.14. The number of carbonyl (C=O) groups is 1. The van der Waals surface area contributed by atoms with Gasteiger partial charge in [-0.1, -0.05) is 18.2 Å². The lowest BCUT2D eigenvalue weighted by atomic mass is 10.0. The van der Waals surface area contributed by atoms with Crippen LogP contribution in [0.2, 0.25) is 0 Å². The average molecular weight is 296 g/mol. The molecule has 0 N–H and O–H groups in total. The second-order valence-electron chi connectivity index (χ2n) is 5.14. The molecule has 3 heteroatoms. The van der Waals surface area contributed by atoms with E-state index in [-0.39, 0.29) is 5.78 Å². The van der Waals surface area contributed by atoms with Crippen LogP contribution < -0.4 is 9.47 Å². The topological polar surface area (TPSA) is 35.5 Å². The van der Waals surface area contributed by atoms with Gasteiger partial charge in [-0.25, -0.2) is 0 Å². The summed E-state index contributed by atoms with van der Waals surface area (Å²) in [5.41, 5.74) is 3.84. The van der Waals surface area contributed by atoms with E-state index >= 15 is 0 Å². The van der Waals surface area contributed by atoms with Gasteiger partial charge in [0.1, 0.15) is 11.5 Å². The highest BCUT2D eigenvalue weighted by molar-refractivity contribution is 6.07. The van der Waals surface area contributed by atoms with Crippen molar-refractivity contribution in [1.29, 1.82) is 0 Å². The summed E-state index contributed by atoms with van der Waals surface area (Å²) in [4.78, 5) is 12.2. The summed E-state index contributed by atoms with van der Waals surface area (Å²) in [6.07, 6.45) is 3.33. The van der Waals surface area contributed by atoms with Crippen molar-refractivity contribution in [3.63, 3.8) is 0 Å². The van der Waals surface area contributed by atoms with Crippen LogP contribution in [0.3, 0.4) is 0 Å². The first kappa shape index (κ1) is 15.8. The van der Waals surface area contributed by atoms with E-state index in [0.29, 0.717) is 17.1 Å². The van der Waals surface area contributed by atoms with Gasteiger partial charge in [-0.2, -0.15) is 0 Å². The van der Waals surface area contributed by atoms with Gasteiger partial charge in [0.2, 0.25) is 0 Å². The molecule has 0 bridgehead atoms. The van der Waals surface area contributed by atoms with Crippen LogP contribution in [0.1, 0.15) is 27.0 Å². The Labute approximate surface area is 131 Å². The van der Waals surface area contributed by atoms with Gasteiger partial charge in [-0.15, -0.1) is 0 Å². The summed E-state index contributed by atoms with van der Waals surface area (Å²) < 4.78 is 10.4. The third-order valence-corrected chi connectivity index (χ3v) is 3.59. The van der Waals surface area contributed by atoms with Crippen LogP contribution in [-0.4, -0.2) is 20.0 Å². The summed E-state index contributed by atoms with van der Waals surface area (Å²) >= 11 is 0. The van der Waals surface area contributed by atoms with E-state index in [1.807, 2.05) is 44.2 Å². The summed E-state index contributed by atoms with van der Waals surface area (Å²) in [5, 5.41) is 0. The van der Waals surface area contributed by atoms with Crippen LogP contribution in [0.5, 0.6) is 11.5 Å². The first-order valence-corrected chi connectivity index (χ1v) is 7.06. The molecule has 0 aliphatic heterocycles. The maximum Gasteiger partial charge on any atom is 0.185 e. The Bertz CT molecular complexity index is 692. The molecule has 0 radical (unpaired) electrons. The average Bonchev–Trinajstić information content (AvgIpc) is 2.54. The van der Waals surface area contributed by atoms with E-state index in [1.54, 1.807) is 32.4 Å². The predicted molar refractivity (Wildman–Crippen MR) is 88.8 cm³/mol. The Balaban J connectivity index is 2.23. The maximum atomic E-state index is 12.2. The van der Waals surface area contributed by atoms with Crippen LogP contribution in [0, 0.1) is 13.8 Å². The number of carbonyl (C=O) groups excluding carboxylic acids is 1. The van der Waals surface area contributed by atoms with E-state index in [9.17, 15) is 4.79 Å². The van der Waals surface area contributed by atoms with Gasteiger partial charge in [0.05, 0.1) is 14.2 Å². The molecule has 0 unspecified atom stereocenters. The zero-order chi connectivity index (χ0) is 16.1. The highest BCUT2D eigenvalue weighted by Gasteiger charge is 2.04. The highest BCUT2D eigenvalue weighted by atomic mass is 16.5. The monoisotopic (exact) mass is 296 g/mol. The summed E-state index contributed by atoms with van der Waals surface area (Å²) in [7, 11) is 3.20. The molecule has 0 aliphatic rings. The molecule has 22 heavy (non-hydrogen) atoms. The van der Waals surface area contributed by atoms with Crippen molar-refractivity contribution in [3.8, 4) is 11.5 Å². The Hall–Kier alpha value is -2.55. The molecule has 0 spiro atoms. The standard InChI is InChI=1S/C19H20O3/c1-13-5-7-16(9-14(13)2)19(20)8-6-15-10-17(21-3)12-18(11-15)22-4/h5-12H,1-4H3/b8-6+. The Morgan fingerprint density at radius 2 is 1.55 bits per heavy atom. The van der Waals surface area contributed by atoms with Crippen LogP contribution in [0.15, 0.2) is 42.5 Å². The minimum atomic E-state index is -0.0233. The van der Waals surface area contributed by atoms with Crippen molar-refractivity contribution in [1.82, 2.24) is 0 Å². The lowest BCUT2D eigenvalue weighted by Gasteiger charge is -2.06. The second kappa shape index (κ2) is 6.94. The normalized spacial score (nSPS) is 10.7. The molecule has 0 saturated heterocycles. The molecular formula is C19H20O3. The zero-order valence-corrected chi connectivity index (χ0v) is 13.3. The fourth-order valence-electron chi connectivity index (χ4n) is 2.09. The van der Waals surface area contributed by atoms with Crippen LogP contribution in [0.25, 0.3) is 6.08 Å². The van der Waals surface area contributed by atoms with E-state index in [2.05, 4.69) is 0 Å². The Morgan fingerprint density at radius 1 is 0.909 bits per heavy atom. The molecule has 0 aliphatic carbocycles. The molecule has 3 nitrogen and oxygen atoms in total. The number of benzene rings is 2. The molecule has 2 aromatic rings. The number of ether oxygens (including phenoxy) is 2. The van der Waals surface area contributed by atoms with Gasteiger partial charge >= 0.3 is 0 Å². The number of hydrogen-bond acceptors (Lipinski definition) is 3. The Kier molecular flexibility index (Phi) is 4.99. The molecule has 0 fully saturated rings. The number of methoxy groups -OCH3 is 2. The largest absolute Gasteiger partial charge is 0.497 e. The fourth-order valence-corrected chi connectivity index (χ4v) is 2.09. The highest BCUT2D eigenvalue weighted by Crippen LogP contribution is 2.23. The summed E-state index contributed by atoms with van der Waals surface area (Å²) in [6.45, 7) is 4.03. The van der Waals surface area contributed by atoms with Crippen molar-refractivity contribution >= 4 is 11.9 Å². The van der Waals surface area contributed by atoms with E-state index < -0.39 is 0 Å². The number of rotatable bonds is 5. The minimum absolute atomic E-state index is 0.0233. The van der Waals surface area contributed by atoms with Crippen LogP contribution >= 0.6 is 0 Å². The quantitative estimate of drug-likeness (QED) is 0.612. The lowest BCUT2D eigenvalue weighted by molar-refractivity contribution is 0.104. The predicted octanol–water partition coefficient (Wildman–Crippen LogP) is 4.22. The molecule has 0 amide bonds. The van der Waals surface area contributed by atoms with Gasteiger partial charge < -0.3 is 9.47 Å². The van der Waals surface area contributed by atoms with Gasteiger partial charge in [-0.05, 0) is 54.8 Å². The molecule has 2 rings (SSSR count). The zero-order valence-electron chi connectivity index (χ0n) is 13.3. The van der Waals surface area contributed by atoms with Crippen molar-refractivity contribution in [2.24, 2.45) is 0 Å². The fraction of sp³-hybridized carbons (Fsp3) is 0.211. The summed E-state index contributed by atoms with van der Waals surface area (Å²) in [5.74, 6) is 1.36. The number of hydrogen-bond donors (Lipinski definition) is 0. The van der Waals surface area contributed by atoms with Gasteiger partial charge in [0.15, 0.2) is 5.78 Å². The summed E-state index contributed by atoms with van der Waals surface area (Å²) in [6, 6.07) is 11.2. The molecule has 114 valence electrons. The number of ketones is 1. The molecule has 0 aromatic heterocycles. The van der Waals surface area contributed by atoms with Gasteiger partial charge in [0.25, 0.3) is 0 Å². The van der Waals surface area contributed by atoms with E-state index in [1.165, 1.54) is 5.56 Å². The minimum Gasteiger partial charge on any atom is -0.497 e. The SMILES string of the molecule is COc1cc(/C=C/C(=O)c2ccc(C)c(C)c2)cc(OC)c1. The van der Waals surface area contributed by atoms with E-state index in [0.717, 1.165) is 11.1 Å². The van der Waals surface area contributed by atoms with E-state index in [4.69, 9.17) is 9.47 Å². The van der Waals surface area contributed by atoms with Gasteiger partial charge in [-0.3, -0.25) is 4.79 Å².